The van der Waals surface area contributed by atoms with E-state index in [1.165, 1.54) is 29.1 Å². The number of phosphoric acid groups is 1. The van der Waals surface area contributed by atoms with Crippen LogP contribution in [0.1, 0.15) is 22.1 Å². The summed E-state index contributed by atoms with van der Waals surface area (Å²) in [5, 5.41) is 14.1. The number of carbonyl (C=O) groups excluding carboxylic acids is 1. The molecule has 1 aliphatic heterocycles. The van der Waals surface area contributed by atoms with E-state index in [0.717, 1.165) is 0 Å². The van der Waals surface area contributed by atoms with Gasteiger partial charge in [-0.05, 0) is 17.2 Å². The summed E-state index contributed by atoms with van der Waals surface area (Å²) >= 11 is 0. The average Bonchev–Trinajstić information content (AvgIpc) is 3.08. The minimum Gasteiger partial charge on any atom is -0.383 e. The molecule has 1 unspecified atom stereocenters. The van der Waals surface area contributed by atoms with Crippen molar-refractivity contribution in [1.82, 2.24) is 0 Å². The summed E-state index contributed by atoms with van der Waals surface area (Å²) in [6, 6.07) is 10.6. The Morgan fingerprint density at radius 1 is 1.29 bits per heavy atom. The molecule has 1 amide bonds. The number of hydrogen-bond acceptors (Lipinski definition) is 7. The van der Waals surface area contributed by atoms with E-state index in [1.807, 2.05) is 0 Å². The number of ether oxygens (including phenoxy) is 1. The zero-order valence-corrected chi connectivity index (χ0v) is 17.1. The van der Waals surface area contributed by atoms with Gasteiger partial charge in [0.15, 0.2) is 18.5 Å². The summed E-state index contributed by atoms with van der Waals surface area (Å²) in [5.74, 6) is -0.676. The van der Waals surface area contributed by atoms with E-state index in [2.05, 4.69) is 10.0 Å². The summed E-state index contributed by atoms with van der Waals surface area (Å²) in [4.78, 5) is 24.0. The second-order valence-corrected chi connectivity index (χ2v) is 8.13. The fourth-order valence-electron chi connectivity index (χ4n) is 3.05. The van der Waals surface area contributed by atoms with Crippen LogP contribution >= 0.6 is 7.82 Å². The lowest BCUT2D eigenvalue weighted by Crippen LogP contribution is -2.46. The van der Waals surface area contributed by atoms with Crippen molar-refractivity contribution in [2.24, 2.45) is 10.8 Å². The number of nitrogens with two attached hydrogens (primary N) is 1. The molecular weight excluding hydrogens is 429 g/mol. The zero-order chi connectivity index (χ0) is 22.4. The number of carbonyl (C=O) groups is 1. The van der Waals surface area contributed by atoms with E-state index in [9.17, 15) is 19.4 Å². The van der Waals surface area contributed by atoms with Crippen molar-refractivity contribution in [3.05, 3.63) is 76.4 Å². The van der Waals surface area contributed by atoms with Crippen LogP contribution in [0.3, 0.4) is 0 Å². The number of aromatic nitrogens is 1. The molecule has 1 aromatic carbocycles. The third kappa shape index (κ3) is 5.87. The molecule has 0 bridgehead atoms. The van der Waals surface area contributed by atoms with Gasteiger partial charge in [-0.25, -0.2) is 4.57 Å². The second kappa shape index (κ2) is 9.99. The number of aliphatic hydroxyl groups is 1. The van der Waals surface area contributed by atoms with E-state index in [1.54, 1.807) is 30.3 Å². The Morgan fingerprint density at radius 2 is 2.03 bits per heavy atom. The minimum absolute atomic E-state index is 0.152. The largest absolute Gasteiger partial charge is 0.472 e. The van der Waals surface area contributed by atoms with Gasteiger partial charge in [0.25, 0.3) is 12.1 Å². The van der Waals surface area contributed by atoms with Crippen LogP contribution in [0.25, 0.3) is 10.4 Å². The first-order chi connectivity index (χ1) is 14.8. The third-order valence-corrected chi connectivity index (χ3v) is 5.49. The lowest BCUT2D eigenvalue weighted by atomic mass is 10.1. The fraction of sp³-hybridized carbons (Fsp3) is 0.333. The molecule has 0 radical (unpaired) electrons. The standard InChI is InChI=1S/C18H20N5O7P/c19-17(25)13-7-4-8-23(9-13)18-16(24)15(21-22-20)14(30-18)11-29-31(26,27)28-10-12-5-2-1-3-6-12/h1-9,14-16,18,24H,10-11H2,(H2-,19,25,26,27)/p+1/t14-,15-,16-,18-/m1/s1. The maximum absolute atomic E-state index is 12.2. The highest BCUT2D eigenvalue weighted by Gasteiger charge is 2.49. The SMILES string of the molecule is [N-]=[N+]=N[C@H]1[C@@H](O)[C@H]([n+]2cccc(C(N)=O)c2)O[C@@H]1COP(=O)(O)OCc1ccccc1. The number of hydrogen-bond donors (Lipinski definition) is 3. The summed E-state index contributed by atoms with van der Waals surface area (Å²) < 4.78 is 29.2. The Bertz CT molecular complexity index is 1020. The summed E-state index contributed by atoms with van der Waals surface area (Å²) in [6.45, 7) is -0.642. The van der Waals surface area contributed by atoms with Crippen LogP contribution in [0, 0.1) is 0 Å². The Labute approximate surface area is 177 Å². The summed E-state index contributed by atoms with van der Waals surface area (Å²) in [6.07, 6.45) is -0.530. The number of nitrogens with zero attached hydrogens (tertiary/aromatic N) is 4. The van der Waals surface area contributed by atoms with Crippen molar-refractivity contribution in [2.75, 3.05) is 6.61 Å². The number of amides is 1. The predicted octanol–water partition coefficient (Wildman–Crippen LogP) is 1.34. The van der Waals surface area contributed by atoms with Crippen LogP contribution in [0.4, 0.5) is 0 Å². The minimum atomic E-state index is -4.45. The van der Waals surface area contributed by atoms with Gasteiger partial charge in [0, 0.05) is 11.0 Å². The molecule has 1 saturated heterocycles. The average molecular weight is 450 g/mol. The smallest absolute Gasteiger partial charge is 0.383 e. The van der Waals surface area contributed by atoms with Gasteiger partial charge >= 0.3 is 7.82 Å². The van der Waals surface area contributed by atoms with Crippen LogP contribution in [-0.4, -0.2) is 40.8 Å². The van der Waals surface area contributed by atoms with Gasteiger partial charge in [0.2, 0.25) is 0 Å². The van der Waals surface area contributed by atoms with Crippen molar-refractivity contribution in [1.29, 1.82) is 0 Å². The number of azide groups is 1. The molecule has 0 spiro atoms. The van der Waals surface area contributed by atoms with Crippen molar-refractivity contribution in [3.63, 3.8) is 0 Å². The molecule has 3 rings (SSSR count). The number of rotatable bonds is 9. The first kappa shape index (κ1) is 22.9. The molecule has 2 heterocycles. The monoisotopic (exact) mass is 450 g/mol. The van der Waals surface area contributed by atoms with Gasteiger partial charge in [0.05, 0.1) is 19.3 Å². The highest BCUT2D eigenvalue weighted by atomic mass is 31.2. The lowest BCUT2D eigenvalue weighted by molar-refractivity contribution is -0.765. The molecule has 31 heavy (non-hydrogen) atoms. The van der Waals surface area contributed by atoms with E-state index in [0.29, 0.717) is 5.56 Å². The molecule has 4 N–H and O–H groups in total. The number of aliphatic hydroxyl groups excluding tert-OH is 1. The molecule has 1 aromatic heterocycles. The molecule has 0 aliphatic carbocycles. The molecular formula is C18H21N5O7P+. The first-order valence-corrected chi connectivity index (χ1v) is 10.6. The number of primary amides is 1. The van der Waals surface area contributed by atoms with Gasteiger partial charge < -0.3 is 20.5 Å². The van der Waals surface area contributed by atoms with Gasteiger partial charge in [0.1, 0.15) is 11.6 Å². The number of pyridine rings is 1. The van der Waals surface area contributed by atoms with Crippen molar-refractivity contribution < 1.29 is 37.7 Å². The number of phosphoric ester groups is 1. The van der Waals surface area contributed by atoms with Crippen LogP contribution < -0.4 is 10.3 Å². The van der Waals surface area contributed by atoms with Gasteiger partial charge in [-0.1, -0.05) is 35.4 Å². The van der Waals surface area contributed by atoms with E-state index in [-0.39, 0.29) is 12.2 Å². The topological polar surface area (TPSA) is 181 Å². The Balaban J connectivity index is 1.68. The van der Waals surface area contributed by atoms with Crippen LogP contribution in [0.15, 0.2) is 60.0 Å². The lowest BCUT2D eigenvalue weighted by Gasteiger charge is -2.17. The highest BCUT2D eigenvalue weighted by Crippen LogP contribution is 2.45. The summed E-state index contributed by atoms with van der Waals surface area (Å²) in [7, 11) is -4.45. The molecule has 0 saturated carbocycles. The molecule has 1 aliphatic rings. The molecule has 1 fully saturated rings. The Hall–Kier alpha value is -2.82. The van der Waals surface area contributed by atoms with E-state index >= 15 is 0 Å². The normalized spacial score (nSPS) is 24.8. The molecule has 5 atom stereocenters. The maximum Gasteiger partial charge on any atom is 0.472 e. The zero-order valence-electron chi connectivity index (χ0n) is 16.2. The van der Waals surface area contributed by atoms with Crippen LogP contribution in [-0.2, 0) is 25.0 Å². The van der Waals surface area contributed by atoms with Crippen LogP contribution in [0.2, 0.25) is 0 Å². The van der Waals surface area contributed by atoms with Crippen molar-refractivity contribution >= 4 is 13.7 Å². The van der Waals surface area contributed by atoms with E-state index in [4.69, 9.17) is 25.0 Å². The van der Waals surface area contributed by atoms with Gasteiger partial charge in [-0.15, -0.1) is 0 Å². The molecule has 12 nitrogen and oxygen atoms in total. The van der Waals surface area contributed by atoms with Crippen molar-refractivity contribution in [3.8, 4) is 0 Å². The number of benzene rings is 1. The molecule has 164 valence electrons. The van der Waals surface area contributed by atoms with E-state index < -0.39 is 44.8 Å². The van der Waals surface area contributed by atoms with Gasteiger partial charge in [-0.3, -0.25) is 13.8 Å². The Morgan fingerprint density at radius 3 is 2.71 bits per heavy atom. The van der Waals surface area contributed by atoms with Gasteiger partial charge in [-0.2, -0.15) is 4.57 Å². The second-order valence-electron chi connectivity index (χ2n) is 6.68. The van der Waals surface area contributed by atoms with Crippen molar-refractivity contribution in [2.45, 2.75) is 31.1 Å². The molecule has 2 aromatic rings. The van der Waals surface area contributed by atoms with Crippen LogP contribution in [0.5, 0.6) is 0 Å². The quantitative estimate of drug-likeness (QED) is 0.169. The predicted molar refractivity (Wildman–Crippen MR) is 105 cm³/mol. The first-order valence-electron chi connectivity index (χ1n) is 9.15. The molecule has 13 heteroatoms. The fourth-order valence-corrected chi connectivity index (χ4v) is 3.77. The highest BCUT2D eigenvalue weighted by molar-refractivity contribution is 7.47. The maximum atomic E-state index is 12.2. The Kier molecular flexibility index (Phi) is 7.37. The summed E-state index contributed by atoms with van der Waals surface area (Å²) in [5.41, 5.74) is 14.9. The third-order valence-electron chi connectivity index (χ3n) is 4.56.